The second kappa shape index (κ2) is 4.83. The summed E-state index contributed by atoms with van der Waals surface area (Å²) in [7, 11) is 0. The highest BCUT2D eigenvalue weighted by Gasteiger charge is 2.35. The maximum Gasteiger partial charge on any atom is 0.165 e. The zero-order valence-corrected chi connectivity index (χ0v) is 11.3. The monoisotopic (exact) mass is 262 g/mol. The molecule has 2 unspecified atom stereocenters. The van der Waals surface area contributed by atoms with Gasteiger partial charge < -0.3 is 5.32 Å². The van der Waals surface area contributed by atoms with Crippen molar-refractivity contribution < 1.29 is 0 Å². The van der Waals surface area contributed by atoms with Gasteiger partial charge in [0.05, 0.1) is 12.6 Å². The fourth-order valence-corrected chi connectivity index (χ4v) is 3.64. The van der Waals surface area contributed by atoms with Crippen LogP contribution >= 0.6 is 0 Å². The summed E-state index contributed by atoms with van der Waals surface area (Å²) in [5.74, 6) is 1.06. The van der Waals surface area contributed by atoms with Gasteiger partial charge in [-0.1, -0.05) is 0 Å². The molecule has 2 saturated heterocycles. The first-order chi connectivity index (χ1) is 9.42. The van der Waals surface area contributed by atoms with Gasteiger partial charge in [0.1, 0.15) is 0 Å². The number of likely N-dealkylation sites (tertiary alicyclic amines) is 1. The molecule has 2 atom stereocenters. The molecule has 1 aliphatic carbocycles. The number of hydrogen-bond donors (Lipinski definition) is 1. The lowest BCUT2D eigenvalue weighted by atomic mass is 10.0. The average Bonchev–Trinajstić information content (AvgIpc) is 2.90. The highest BCUT2D eigenvalue weighted by atomic mass is 15.6. The van der Waals surface area contributed by atoms with Crippen molar-refractivity contribution in [3.8, 4) is 0 Å². The lowest BCUT2D eigenvalue weighted by molar-refractivity contribution is 0.198. The second-order valence-corrected chi connectivity index (χ2v) is 6.15. The van der Waals surface area contributed by atoms with Crippen LogP contribution in [0, 0.1) is 0 Å². The van der Waals surface area contributed by atoms with Crippen molar-refractivity contribution >= 4 is 0 Å². The van der Waals surface area contributed by atoms with Gasteiger partial charge >= 0.3 is 0 Å². The van der Waals surface area contributed by atoms with E-state index in [2.05, 4.69) is 30.4 Å². The molecule has 3 heterocycles. The van der Waals surface area contributed by atoms with Crippen molar-refractivity contribution in [2.45, 2.75) is 63.2 Å². The predicted octanol–water partition coefficient (Wildman–Crippen LogP) is 0.724. The second-order valence-electron chi connectivity index (χ2n) is 6.15. The summed E-state index contributed by atoms with van der Waals surface area (Å²) in [5.41, 5.74) is 0. The van der Waals surface area contributed by atoms with Gasteiger partial charge in [0.2, 0.25) is 0 Å². The molecule has 0 bridgehead atoms. The van der Waals surface area contributed by atoms with Crippen LogP contribution in [0.2, 0.25) is 0 Å². The van der Waals surface area contributed by atoms with E-state index >= 15 is 0 Å². The lowest BCUT2D eigenvalue weighted by Crippen LogP contribution is -2.43. The number of nitrogens with one attached hydrogen (secondary N) is 1. The van der Waals surface area contributed by atoms with Crippen LogP contribution in [0.5, 0.6) is 0 Å². The highest BCUT2D eigenvalue weighted by Crippen LogP contribution is 2.35. The molecule has 3 fully saturated rings. The van der Waals surface area contributed by atoms with E-state index in [1.54, 1.807) is 0 Å². The molecule has 0 radical (unpaired) electrons. The fraction of sp³-hybridized carbons (Fsp3) is 0.923. The first kappa shape index (κ1) is 11.8. The molecular weight excluding hydrogens is 240 g/mol. The van der Waals surface area contributed by atoms with Crippen molar-refractivity contribution in [3.05, 3.63) is 5.82 Å². The molecule has 1 N–H and O–H groups in total. The Morgan fingerprint density at radius 2 is 2.11 bits per heavy atom. The minimum absolute atomic E-state index is 0.579. The molecule has 6 heteroatoms. The molecule has 2 aliphatic heterocycles. The van der Waals surface area contributed by atoms with Crippen LogP contribution in [0.4, 0.5) is 0 Å². The molecule has 0 aromatic carbocycles. The molecule has 19 heavy (non-hydrogen) atoms. The summed E-state index contributed by atoms with van der Waals surface area (Å²) in [5, 5.41) is 15.9. The molecule has 1 saturated carbocycles. The summed E-state index contributed by atoms with van der Waals surface area (Å²) in [4.78, 5) is 2.59. The van der Waals surface area contributed by atoms with Gasteiger partial charge in [-0.3, -0.25) is 4.90 Å². The summed E-state index contributed by atoms with van der Waals surface area (Å²) in [6.45, 7) is 3.31. The van der Waals surface area contributed by atoms with Gasteiger partial charge in [0.25, 0.3) is 0 Å². The molecule has 3 aliphatic rings. The molecule has 6 nitrogen and oxygen atoms in total. The summed E-state index contributed by atoms with van der Waals surface area (Å²) in [6, 6.07) is 1.95. The van der Waals surface area contributed by atoms with E-state index < -0.39 is 0 Å². The normalized spacial score (nSPS) is 32.2. The Morgan fingerprint density at radius 1 is 1.16 bits per heavy atom. The van der Waals surface area contributed by atoms with E-state index in [9.17, 15) is 0 Å². The van der Waals surface area contributed by atoms with Gasteiger partial charge in [0.15, 0.2) is 5.82 Å². The minimum Gasteiger partial charge on any atom is -0.312 e. The average molecular weight is 262 g/mol. The Labute approximate surface area is 113 Å². The zero-order chi connectivity index (χ0) is 12.7. The van der Waals surface area contributed by atoms with Gasteiger partial charge in [-0.15, -0.1) is 5.10 Å². The predicted molar refractivity (Wildman–Crippen MR) is 70.5 cm³/mol. The van der Waals surface area contributed by atoms with Crippen LogP contribution < -0.4 is 5.32 Å². The smallest absolute Gasteiger partial charge is 0.165 e. The molecule has 4 rings (SSSR count). The number of nitrogens with zero attached hydrogens (tertiary/aromatic N) is 5. The van der Waals surface area contributed by atoms with Crippen LogP contribution in [-0.2, 0) is 6.54 Å². The zero-order valence-electron chi connectivity index (χ0n) is 11.3. The molecule has 1 aromatic rings. The fourth-order valence-electron chi connectivity index (χ4n) is 3.64. The molecule has 0 spiro atoms. The van der Waals surface area contributed by atoms with Crippen LogP contribution in [0.15, 0.2) is 0 Å². The van der Waals surface area contributed by atoms with E-state index in [1.165, 1.54) is 51.6 Å². The summed E-state index contributed by atoms with van der Waals surface area (Å²) >= 11 is 0. The topological polar surface area (TPSA) is 58.9 Å². The first-order valence-electron chi connectivity index (χ1n) is 7.66. The van der Waals surface area contributed by atoms with E-state index in [0.717, 1.165) is 12.4 Å². The molecule has 104 valence electrons. The largest absolute Gasteiger partial charge is 0.312 e. The highest BCUT2D eigenvalue weighted by molar-refractivity contribution is 4.96. The number of hydrogen-bond acceptors (Lipinski definition) is 5. The molecule has 1 aromatic heterocycles. The third-order valence-electron chi connectivity index (χ3n) is 4.78. The third kappa shape index (κ3) is 2.27. The SMILES string of the molecule is C1CNC(C2CCCN2Cc2nnnn2C2CC2)C1. The standard InChI is InChI=1S/C13H22N6/c1-3-11(14-7-1)12-4-2-8-18(12)9-13-15-16-17-19(13)10-5-6-10/h10-12,14H,1-9H2. The molecular formula is C13H22N6. The van der Waals surface area contributed by atoms with E-state index in [1.807, 2.05) is 0 Å². The Balaban J connectivity index is 1.47. The minimum atomic E-state index is 0.579. The van der Waals surface area contributed by atoms with Gasteiger partial charge in [-0.05, 0) is 62.0 Å². The van der Waals surface area contributed by atoms with Gasteiger partial charge in [-0.25, -0.2) is 4.68 Å². The van der Waals surface area contributed by atoms with Crippen LogP contribution in [-0.4, -0.2) is 50.3 Å². The Hall–Kier alpha value is -1.01. The quantitative estimate of drug-likeness (QED) is 0.866. The van der Waals surface area contributed by atoms with Crippen molar-refractivity contribution in [2.24, 2.45) is 0 Å². The third-order valence-corrected chi connectivity index (χ3v) is 4.78. The van der Waals surface area contributed by atoms with E-state index in [0.29, 0.717) is 18.1 Å². The van der Waals surface area contributed by atoms with Crippen molar-refractivity contribution in [2.75, 3.05) is 13.1 Å². The van der Waals surface area contributed by atoms with Crippen molar-refractivity contribution in [3.63, 3.8) is 0 Å². The van der Waals surface area contributed by atoms with Gasteiger partial charge in [-0.2, -0.15) is 0 Å². The summed E-state index contributed by atoms with van der Waals surface area (Å²) in [6.07, 6.45) is 7.78. The number of aromatic nitrogens is 4. The Bertz CT molecular complexity index is 434. The lowest BCUT2D eigenvalue weighted by Gasteiger charge is -2.28. The first-order valence-corrected chi connectivity index (χ1v) is 7.66. The maximum atomic E-state index is 4.24. The van der Waals surface area contributed by atoms with Crippen LogP contribution in [0.25, 0.3) is 0 Å². The van der Waals surface area contributed by atoms with Crippen LogP contribution in [0.1, 0.15) is 50.4 Å². The number of rotatable bonds is 4. The summed E-state index contributed by atoms with van der Waals surface area (Å²) < 4.78 is 2.05. The van der Waals surface area contributed by atoms with Crippen molar-refractivity contribution in [1.29, 1.82) is 0 Å². The Morgan fingerprint density at radius 3 is 2.89 bits per heavy atom. The van der Waals surface area contributed by atoms with Crippen molar-refractivity contribution in [1.82, 2.24) is 30.4 Å². The molecule has 0 amide bonds. The maximum absolute atomic E-state index is 4.24. The van der Waals surface area contributed by atoms with Gasteiger partial charge in [0, 0.05) is 12.1 Å². The Kier molecular flexibility index (Phi) is 3.00. The van der Waals surface area contributed by atoms with Crippen LogP contribution in [0.3, 0.4) is 0 Å². The van der Waals surface area contributed by atoms with E-state index in [-0.39, 0.29) is 0 Å². The number of tetrazole rings is 1. The van der Waals surface area contributed by atoms with E-state index in [4.69, 9.17) is 0 Å².